The third kappa shape index (κ3) is 5.38. The van der Waals surface area contributed by atoms with Gasteiger partial charge in [0.25, 0.3) is 0 Å². The summed E-state index contributed by atoms with van der Waals surface area (Å²) in [5.41, 5.74) is 0. The van der Waals surface area contributed by atoms with E-state index < -0.39 is 0 Å². The molecule has 0 spiro atoms. The predicted octanol–water partition coefficient (Wildman–Crippen LogP) is 1.32. The van der Waals surface area contributed by atoms with Gasteiger partial charge in [-0.2, -0.15) is 5.10 Å². The number of aromatic nitrogens is 3. The van der Waals surface area contributed by atoms with Gasteiger partial charge in [0.2, 0.25) is 0 Å². The number of fused-ring (bicyclic) bond motifs is 1. The Morgan fingerprint density at radius 3 is 2.95 bits per heavy atom. The molecule has 2 rings (SSSR count). The number of aryl methyl sites for hydroxylation is 1. The molecule has 7 nitrogen and oxygen atoms in total. The second-order valence-corrected chi connectivity index (χ2v) is 5.20. The van der Waals surface area contributed by atoms with E-state index in [0.29, 0.717) is 12.6 Å². The van der Waals surface area contributed by atoms with Crippen molar-refractivity contribution in [3.63, 3.8) is 0 Å². The molecule has 1 aromatic heterocycles. The zero-order valence-corrected chi connectivity index (χ0v) is 16.0. The summed E-state index contributed by atoms with van der Waals surface area (Å²) in [7, 11) is 1.66. The van der Waals surface area contributed by atoms with E-state index in [0.717, 1.165) is 56.5 Å². The third-order valence-corrected chi connectivity index (χ3v) is 3.35. The van der Waals surface area contributed by atoms with E-state index in [4.69, 9.17) is 4.74 Å². The zero-order chi connectivity index (χ0) is 15.1. The van der Waals surface area contributed by atoms with Gasteiger partial charge >= 0.3 is 0 Å². The maximum Gasteiger partial charge on any atom is 0.191 e. The van der Waals surface area contributed by atoms with Crippen molar-refractivity contribution in [2.45, 2.75) is 52.3 Å². The minimum atomic E-state index is 0. The van der Waals surface area contributed by atoms with Crippen molar-refractivity contribution in [3.05, 3.63) is 11.6 Å². The van der Waals surface area contributed by atoms with Gasteiger partial charge in [-0.15, -0.1) is 24.0 Å². The molecule has 0 bridgehead atoms. The Kier molecular flexibility index (Phi) is 8.69. The molecule has 2 N–H and O–H groups in total. The Morgan fingerprint density at radius 2 is 2.27 bits per heavy atom. The number of rotatable bonds is 6. The van der Waals surface area contributed by atoms with Crippen LogP contribution >= 0.6 is 24.0 Å². The summed E-state index contributed by atoms with van der Waals surface area (Å²) in [6.07, 6.45) is 3.03. The van der Waals surface area contributed by atoms with Crippen LogP contribution in [0.4, 0.5) is 0 Å². The van der Waals surface area contributed by atoms with Crippen molar-refractivity contribution < 1.29 is 4.74 Å². The van der Waals surface area contributed by atoms with Crippen LogP contribution in [0.5, 0.6) is 0 Å². The van der Waals surface area contributed by atoms with E-state index in [9.17, 15) is 0 Å². The van der Waals surface area contributed by atoms with Gasteiger partial charge in [-0.3, -0.25) is 4.99 Å². The zero-order valence-electron chi connectivity index (χ0n) is 13.6. The molecule has 1 aliphatic heterocycles. The predicted molar refractivity (Wildman–Crippen MR) is 97.7 cm³/mol. The fourth-order valence-electron chi connectivity index (χ4n) is 2.41. The molecule has 1 atom stereocenters. The van der Waals surface area contributed by atoms with Crippen molar-refractivity contribution in [2.24, 2.45) is 4.99 Å². The largest absolute Gasteiger partial charge is 0.377 e. The van der Waals surface area contributed by atoms with E-state index in [1.54, 1.807) is 7.11 Å². The van der Waals surface area contributed by atoms with E-state index in [2.05, 4.69) is 39.6 Å². The monoisotopic (exact) mass is 422 g/mol. The molecular formula is C14H27IN6O. The van der Waals surface area contributed by atoms with Gasteiger partial charge in [0.05, 0.1) is 6.54 Å². The van der Waals surface area contributed by atoms with Crippen LogP contribution in [0.15, 0.2) is 4.99 Å². The molecule has 0 saturated heterocycles. The lowest BCUT2D eigenvalue weighted by molar-refractivity contribution is 0.177. The highest BCUT2D eigenvalue weighted by molar-refractivity contribution is 14.0. The Bertz CT molecular complexity index is 476. The van der Waals surface area contributed by atoms with Crippen molar-refractivity contribution in [1.82, 2.24) is 25.4 Å². The fourth-order valence-corrected chi connectivity index (χ4v) is 2.41. The lowest BCUT2D eigenvalue weighted by Gasteiger charge is -2.25. The van der Waals surface area contributed by atoms with E-state index >= 15 is 0 Å². The number of aliphatic imine (C=N–C) groups is 1. The number of nitrogens with one attached hydrogen (secondary N) is 2. The van der Waals surface area contributed by atoms with E-state index in [1.807, 2.05) is 4.68 Å². The summed E-state index contributed by atoms with van der Waals surface area (Å²) in [6, 6.07) is 0.337. The second kappa shape index (κ2) is 9.98. The highest BCUT2D eigenvalue weighted by Gasteiger charge is 2.22. The molecule has 1 aromatic rings. The van der Waals surface area contributed by atoms with Gasteiger partial charge in [-0.1, -0.05) is 6.92 Å². The molecule has 2 heterocycles. The highest BCUT2D eigenvalue weighted by atomic mass is 127. The maximum absolute atomic E-state index is 5.09. The molecule has 0 amide bonds. The SMILES string of the molecule is CCCN=C(NCC)NC1CCc2nc(COC)nn2C1.I. The summed E-state index contributed by atoms with van der Waals surface area (Å²) in [4.78, 5) is 9.04. The summed E-state index contributed by atoms with van der Waals surface area (Å²) in [5.74, 6) is 2.71. The Hall–Kier alpha value is -0.900. The molecule has 1 aliphatic rings. The standard InChI is InChI=1S/C14H26N6O.HI/c1-4-8-16-14(15-5-2)17-11-6-7-13-18-12(10-21-3)19-20(13)9-11;/h11H,4-10H2,1-3H3,(H2,15,16,17);1H. The van der Waals surface area contributed by atoms with Crippen molar-refractivity contribution in [1.29, 1.82) is 0 Å². The van der Waals surface area contributed by atoms with Crippen LogP contribution in [0, 0.1) is 0 Å². The van der Waals surface area contributed by atoms with Crippen LogP contribution in [0.1, 0.15) is 38.3 Å². The number of ether oxygens (including phenoxy) is 1. The number of halogens is 1. The summed E-state index contributed by atoms with van der Waals surface area (Å²) in [5, 5.41) is 11.3. The van der Waals surface area contributed by atoms with Crippen LogP contribution in [-0.2, 0) is 24.3 Å². The number of hydrogen-bond donors (Lipinski definition) is 2. The third-order valence-electron chi connectivity index (χ3n) is 3.35. The molecule has 0 fully saturated rings. The van der Waals surface area contributed by atoms with E-state index in [-0.39, 0.29) is 24.0 Å². The van der Waals surface area contributed by atoms with Crippen LogP contribution < -0.4 is 10.6 Å². The van der Waals surface area contributed by atoms with Gasteiger partial charge in [0, 0.05) is 32.7 Å². The Morgan fingerprint density at radius 1 is 1.45 bits per heavy atom. The Labute approximate surface area is 149 Å². The molecule has 1 unspecified atom stereocenters. The van der Waals surface area contributed by atoms with Gasteiger partial charge in [-0.25, -0.2) is 9.67 Å². The van der Waals surface area contributed by atoms with Crippen LogP contribution in [-0.4, -0.2) is 47.0 Å². The molecule has 0 aromatic carbocycles. The molecule has 0 saturated carbocycles. The minimum Gasteiger partial charge on any atom is -0.377 e. The lowest BCUT2D eigenvalue weighted by atomic mass is 10.1. The van der Waals surface area contributed by atoms with Gasteiger partial charge in [0.1, 0.15) is 12.4 Å². The quantitative estimate of drug-likeness (QED) is 0.411. The summed E-state index contributed by atoms with van der Waals surface area (Å²) >= 11 is 0. The normalized spacial score (nSPS) is 17.6. The average Bonchev–Trinajstić information content (AvgIpc) is 2.87. The van der Waals surface area contributed by atoms with E-state index in [1.165, 1.54) is 0 Å². The smallest absolute Gasteiger partial charge is 0.191 e. The fraction of sp³-hybridized carbons (Fsp3) is 0.786. The number of guanidine groups is 1. The first-order valence-corrected chi connectivity index (χ1v) is 7.73. The highest BCUT2D eigenvalue weighted by Crippen LogP contribution is 2.13. The summed E-state index contributed by atoms with van der Waals surface area (Å²) < 4.78 is 7.08. The topological polar surface area (TPSA) is 76.4 Å². The number of hydrogen-bond acceptors (Lipinski definition) is 4. The molecule has 0 radical (unpaired) electrons. The van der Waals surface area contributed by atoms with Crippen LogP contribution in [0.3, 0.4) is 0 Å². The van der Waals surface area contributed by atoms with Crippen molar-refractivity contribution >= 4 is 29.9 Å². The first kappa shape index (κ1) is 19.1. The maximum atomic E-state index is 5.09. The second-order valence-electron chi connectivity index (χ2n) is 5.20. The minimum absolute atomic E-state index is 0. The molecule has 0 aliphatic carbocycles. The molecule has 22 heavy (non-hydrogen) atoms. The van der Waals surface area contributed by atoms with Crippen molar-refractivity contribution in [3.8, 4) is 0 Å². The first-order chi connectivity index (χ1) is 10.3. The number of nitrogens with zero attached hydrogens (tertiary/aromatic N) is 4. The van der Waals surface area contributed by atoms with Gasteiger partial charge < -0.3 is 15.4 Å². The molecule has 8 heteroatoms. The summed E-state index contributed by atoms with van der Waals surface area (Å²) in [6.45, 7) is 7.22. The average molecular weight is 422 g/mol. The number of methoxy groups -OCH3 is 1. The van der Waals surface area contributed by atoms with Crippen molar-refractivity contribution in [2.75, 3.05) is 20.2 Å². The molecular weight excluding hydrogens is 395 g/mol. The first-order valence-electron chi connectivity index (χ1n) is 7.73. The van der Waals surface area contributed by atoms with Gasteiger partial charge in [-0.05, 0) is 19.8 Å². The lowest BCUT2D eigenvalue weighted by Crippen LogP contribution is -2.47. The Balaban J connectivity index is 0.00000242. The van der Waals surface area contributed by atoms with Crippen LogP contribution in [0.2, 0.25) is 0 Å². The van der Waals surface area contributed by atoms with Crippen LogP contribution in [0.25, 0.3) is 0 Å². The molecule has 126 valence electrons. The van der Waals surface area contributed by atoms with Gasteiger partial charge in [0.15, 0.2) is 11.8 Å².